The van der Waals surface area contributed by atoms with Crippen LogP contribution in [0.5, 0.6) is 17.2 Å². The predicted molar refractivity (Wildman–Crippen MR) is 145 cm³/mol. The van der Waals surface area contributed by atoms with Gasteiger partial charge in [0.15, 0.2) is 17.3 Å². The number of nitrogens with zero attached hydrogens (tertiary/aromatic N) is 4. The van der Waals surface area contributed by atoms with Crippen molar-refractivity contribution in [2.24, 2.45) is 0 Å². The lowest BCUT2D eigenvalue weighted by molar-refractivity contribution is 0.208. The highest BCUT2D eigenvalue weighted by Gasteiger charge is 2.22. The number of rotatable bonds is 9. The average molecular weight is 506 g/mol. The molecule has 1 aromatic heterocycles. The summed E-state index contributed by atoms with van der Waals surface area (Å²) >= 11 is 0. The Labute approximate surface area is 218 Å². The second-order valence-electron chi connectivity index (χ2n) is 8.90. The summed E-state index contributed by atoms with van der Waals surface area (Å²) in [6.45, 7) is 4.77. The molecule has 2 heterocycles. The van der Waals surface area contributed by atoms with Crippen molar-refractivity contribution in [3.05, 3.63) is 54.1 Å². The number of piperazine rings is 1. The number of unbranched alkanes of at least 4 members (excludes halogenated alkanes) is 1. The van der Waals surface area contributed by atoms with E-state index in [4.69, 9.17) is 14.2 Å². The van der Waals surface area contributed by atoms with Crippen molar-refractivity contribution in [3.63, 3.8) is 0 Å². The first-order valence-electron chi connectivity index (χ1n) is 12.6. The van der Waals surface area contributed by atoms with Crippen LogP contribution in [0.15, 0.2) is 48.5 Å². The van der Waals surface area contributed by atoms with Crippen LogP contribution in [0.4, 0.5) is 16.3 Å². The van der Waals surface area contributed by atoms with Gasteiger partial charge in [0.25, 0.3) is 0 Å². The Morgan fingerprint density at radius 3 is 2.11 bits per heavy atom. The Bertz CT molecular complexity index is 1150. The first-order valence-corrected chi connectivity index (χ1v) is 12.6. The minimum absolute atomic E-state index is 0.0789. The maximum absolute atomic E-state index is 12.8. The first kappa shape index (κ1) is 26.1. The monoisotopic (exact) mass is 505 g/mol. The zero-order valence-corrected chi connectivity index (χ0v) is 22.0. The number of methoxy groups -OCH3 is 3. The summed E-state index contributed by atoms with van der Waals surface area (Å²) in [6.07, 6.45) is 3.42. The number of anilines is 2. The lowest BCUT2D eigenvalue weighted by Gasteiger charge is -2.35. The standard InChI is InChI=1S/C28H35N5O4/c1-5-6-7-20-8-10-22(11-9-20)29-28(34)33-16-14-32(15-17-33)26-13-12-23(30-31-26)21-18-24(35-2)27(37-4)25(19-21)36-3/h8-13,18-19H,5-7,14-17H2,1-4H3,(H,29,34). The second kappa shape index (κ2) is 12.3. The zero-order valence-electron chi connectivity index (χ0n) is 22.0. The Hall–Kier alpha value is -4.01. The van der Waals surface area contributed by atoms with Crippen LogP contribution >= 0.6 is 0 Å². The van der Waals surface area contributed by atoms with Gasteiger partial charge in [-0.1, -0.05) is 25.5 Å². The second-order valence-corrected chi connectivity index (χ2v) is 8.90. The van der Waals surface area contributed by atoms with Crippen LogP contribution in [-0.4, -0.2) is 68.6 Å². The van der Waals surface area contributed by atoms with Gasteiger partial charge in [0.2, 0.25) is 5.75 Å². The van der Waals surface area contributed by atoms with Crippen LogP contribution in [0.1, 0.15) is 25.3 Å². The number of urea groups is 1. The Balaban J connectivity index is 1.34. The largest absolute Gasteiger partial charge is 0.493 e. The number of amides is 2. The molecule has 0 radical (unpaired) electrons. The molecular weight excluding hydrogens is 470 g/mol. The van der Waals surface area contributed by atoms with Gasteiger partial charge in [-0.3, -0.25) is 0 Å². The fourth-order valence-electron chi connectivity index (χ4n) is 4.35. The third-order valence-corrected chi connectivity index (χ3v) is 6.53. The molecule has 2 aromatic carbocycles. The third kappa shape index (κ3) is 6.22. The molecule has 0 aliphatic carbocycles. The van der Waals surface area contributed by atoms with Crippen molar-refractivity contribution in [2.75, 3.05) is 57.7 Å². The molecule has 4 rings (SSSR count). The van der Waals surface area contributed by atoms with E-state index >= 15 is 0 Å². The fourth-order valence-corrected chi connectivity index (χ4v) is 4.35. The molecule has 1 aliphatic rings. The first-order chi connectivity index (χ1) is 18.1. The van der Waals surface area contributed by atoms with Crippen LogP contribution in [-0.2, 0) is 6.42 Å². The number of carbonyl (C=O) groups is 1. The number of carbonyl (C=O) groups excluding carboxylic acids is 1. The molecule has 1 saturated heterocycles. The lowest BCUT2D eigenvalue weighted by Crippen LogP contribution is -2.50. The molecule has 0 atom stereocenters. The van der Waals surface area contributed by atoms with Crippen LogP contribution in [0.2, 0.25) is 0 Å². The number of ether oxygens (including phenoxy) is 3. The molecule has 3 aromatic rings. The summed E-state index contributed by atoms with van der Waals surface area (Å²) in [6, 6.07) is 15.6. The van der Waals surface area contributed by atoms with Crippen LogP contribution in [0, 0.1) is 0 Å². The van der Waals surface area contributed by atoms with Crippen molar-refractivity contribution in [1.82, 2.24) is 15.1 Å². The van der Waals surface area contributed by atoms with Crippen molar-refractivity contribution < 1.29 is 19.0 Å². The third-order valence-electron chi connectivity index (χ3n) is 6.53. The summed E-state index contributed by atoms with van der Waals surface area (Å²) in [5.74, 6) is 2.43. The van der Waals surface area contributed by atoms with E-state index in [1.165, 1.54) is 18.4 Å². The van der Waals surface area contributed by atoms with E-state index in [1.54, 1.807) is 21.3 Å². The molecule has 37 heavy (non-hydrogen) atoms. The molecule has 0 saturated carbocycles. The topological polar surface area (TPSA) is 89.1 Å². The summed E-state index contributed by atoms with van der Waals surface area (Å²) in [4.78, 5) is 16.7. The van der Waals surface area contributed by atoms with Crippen molar-refractivity contribution in [2.45, 2.75) is 26.2 Å². The van der Waals surface area contributed by atoms with Crippen LogP contribution in [0.3, 0.4) is 0 Å². The van der Waals surface area contributed by atoms with Crippen LogP contribution in [0.25, 0.3) is 11.3 Å². The van der Waals surface area contributed by atoms with Crippen molar-refractivity contribution >= 4 is 17.5 Å². The van der Waals surface area contributed by atoms with Gasteiger partial charge in [-0.05, 0) is 54.8 Å². The molecule has 0 bridgehead atoms. The lowest BCUT2D eigenvalue weighted by atomic mass is 10.1. The number of benzene rings is 2. The number of aromatic nitrogens is 2. The summed E-state index contributed by atoms with van der Waals surface area (Å²) < 4.78 is 16.3. The molecule has 1 aliphatic heterocycles. The maximum atomic E-state index is 12.8. The minimum Gasteiger partial charge on any atom is -0.493 e. The molecule has 9 heteroatoms. The number of nitrogens with one attached hydrogen (secondary N) is 1. The van der Waals surface area contributed by atoms with E-state index in [-0.39, 0.29) is 6.03 Å². The van der Waals surface area contributed by atoms with Gasteiger partial charge in [-0.2, -0.15) is 0 Å². The van der Waals surface area contributed by atoms with Gasteiger partial charge in [-0.25, -0.2) is 4.79 Å². The highest BCUT2D eigenvalue weighted by atomic mass is 16.5. The Kier molecular flexibility index (Phi) is 8.66. The highest BCUT2D eigenvalue weighted by Crippen LogP contribution is 2.40. The van der Waals surface area contributed by atoms with Crippen molar-refractivity contribution in [3.8, 4) is 28.5 Å². The van der Waals surface area contributed by atoms with E-state index in [9.17, 15) is 4.79 Å². The van der Waals surface area contributed by atoms with Crippen molar-refractivity contribution in [1.29, 1.82) is 0 Å². The van der Waals surface area contributed by atoms with Gasteiger partial charge < -0.3 is 29.3 Å². The Morgan fingerprint density at radius 2 is 1.57 bits per heavy atom. The predicted octanol–water partition coefficient (Wildman–Crippen LogP) is 4.87. The molecule has 196 valence electrons. The molecule has 1 fully saturated rings. The summed E-state index contributed by atoms with van der Waals surface area (Å²) in [5, 5.41) is 11.9. The molecule has 2 amide bonds. The quantitative estimate of drug-likeness (QED) is 0.444. The minimum atomic E-state index is -0.0789. The fraction of sp³-hybridized carbons (Fsp3) is 0.393. The summed E-state index contributed by atoms with van der Waals surface area (Å²) in [5.41, 5.74) is 3.63. The van der Waals surface area contributed by atoms with Gasteiger partial charge in [0, 0.05) is 37.4 Å². The SMILES string of the molecule is CCCCc1ccc(NC(=O)N2CCN(c3ccc(-c4cc(OC)c(OC)c(OC)c4)nn3)CC2)cc1. The maximum Gasteiger partial charge on any atom is 0.321 e. The summed E-state index contributed by atoms with van der Waals surface area (Å²) in [7, 11) is 4.74. The molecule has 1 N–H and O–H groups in total. The van der Waals surface area contributed by atoms with E-state index < -0.39 is 0 Å². The van der Waals surface area contributed by atoms with Gasteiger partial charge in [0.1, 0.15) is 0 Å². The van der Waals surface area contributed by atoms with E-state index in [1.807, 2.05) is 41.3 Å². The highest BCUT2D eigenvalue weighted by molar-refractivity contribution is 5.89. The molecule has 9 nitrogen and oxygen atoms in total. The Morgan fingerprint density at radius 1 is 0.892 bits per heavy atom. The van der Waals surface area contributed by atoms with E-state index in [2.05, 4.69) is 39.5 Å². The van der Waals surface area contributed by atoms with E-state index in [0.717, 1.165) is 23.5 Å². The van der Waals surface area contributed by atoms with Crippen LogP contribution < -0.4 is 24.4 Å². The normalized spacial score (nSPS) is 13.3. The average Bonchev–Trinajstić information content (AvgIpc) is 2.96. The number of hydrogen-bond donors (Lipinski definition) is 1. The van der Waals surface area contributed by atoms with Gasteiger partial charge in [-0.15, -0.1) is 10.2 Å². The molecule has 0 unspecified atom stereocenters. The number of hydrogen-bond acceptors (Lipinski definition) is 7. The van der Waals surface area contributed by atoms with E-state index in [0.29, 0.717) is 49.1 Å². The molecular formula is C28H35N5O4. The van der Waals surface area contributed by atoms with Gasteiger partial charge >= 0.3 is 6.03 Å². The smallest absolute Gasteiger partial charge is 0.321 e. The number of aryl methyl sites for hydroxylation is 1. The molecule has 0 spiro atoms. The zero-order chi connectivity index (χ0) is 26.2. The van der Waals surface area contributed by atoms with Gasteiger partial charge in [0.05, 0.1) is 27.0 Å².